The third kappa shape index (κ3) is 4.24. The molecule has 0 atom stereocenters. The van der Waals surface area contributed by atoms with E-state index in [1.54, 1.807) is 4.90 Å². The Labute approximate surface area is 198 Å². The monoisotopic (exact) mass is 507 g/mol. The highest BCUT2D eigenvalue weighted by atomic mass is 32.2. The van der Waals surface area contributed by atoms with Crippen LogP contribution in [0.25, 0.3) is 10.8 Å². The third-order valence-corrected chi connectivity index (χ3v) is 7.63. The van der Waals surface area contributed by atoms with Gasteiger partial charge < -0.3 is 21.1 Å². The second kappa shape index (κ2) is 8.75. The number of nitrogens with zero attached hydrogens (tertiary/aromatic N) is 5. The molecular weight excluding hydrogens is 487 g/mol. The minimum atomic E-state index is -4.82. The first-order valence-corrected chi connectivity index (χ1v) is 11.7. The molecule has 2 aromatic heterocycles. The molecule has 1 saturated heterocycles. The predicted molar refractivity (Wildman–Crippen MR) is 122 cm³/mol. The summed E-state index contributed by atoms with van der Waals surface area (Å²) in [5.41, 5.74) is 11.0. The van der Waals surface area contributed by atoms with E-state index in [1.165, 1.54) is 19.2 Å². The number of nitrogens with two attached hydrogens (primary N) is 2. The number of hydrogen-bond acceptors (Lipinski definition) is 9. The van der Waals surface area contributed by atoms with Crippen molar-refractivity contribution in [3.05, 3.63) is 41.5 Å². The summed E-state index contributed by atoms with van der Waals surface area (Å²) in [6, 6.07) is 7.63. The first-order chi connectivity index (χ1) is 16.5. The molecular formula is C21H20F3N7O3S. The molecule has 3 aromatic rings. The number of pyridine rings is 2. The minimum absolute atomic E-state index is 0.0239. The molecule has 4 N–H and O–H groups in total. The molecule has 0 unspecified atom stereocenters. The lowest BCUT2D eigenvalue weighted by atomic mass is 10.1. The van der Waals surface area contributed by atoms with Crippen LogP contribution in [0.4, 0.5) is 30.6 Å². The van der Waals surface area contributed by atoms with Gasteiger partial charge in [0, 0.05) is 37.6 Å². The molecule has 14 heteroatoms. The van der Waals surface area contributed by atoms with Gasteiger partial charge in [-0.2, -0.15) is 27.7 Å². The van der Waals surface area contributed by atoms with Crippen LogP contribution in [0.3, 0.4) is 0 Å². The van der Waals surface area contributed by atoms with Crippen molar-refractivity contribution in [3.8, 4) is 11.9 Å². The zero-order chi connectivity index (χ0) is 25.5. The average molecular weight is 507 g/mol. The van der Waals surface area contributed by atoms with Gasteiger partial charge in [-0.25, -0.2) is 13.4 Å². The molecule has 1 aliphatic rings. The first kappa shape index (κ1) is 24.3. The zero-order valence-corrected chi connectivity index (χ0v) is 19.2. The standard InChI is InChI=1S/C21H20F3N7O3S/c1-34-16-10-12-13(11-25)20(29-19(27)17(12)18(26)28-16)30-6-8-31(9-7-30)35(32,33)15-5-3-2-4-14(15)21(22,23)24/h2-5,10H,6-9H2,1H3,(H2,26,28)(H2,27,29). The second-order valence-electron chi connectivity index (χ2n) is 7.66. The van der Waals surface area contributed by atoms with E-state index in [0.29, 0.717) is 5.39 Å². The van der Waals surface area contributed by atoms with Crippen LogP contribution >= 0.6 is 0 Å². The van der Waals surface area contributed by atoms with Crippen LogP contribution in [0.2, 0.25) is 0 Å². The lowest BCUT2D eigenvalue weighted by Gasteiger charge is -2.35. The van der Waals surface area contributed by atoms with Gasteiger partial charge in [-0.15, -0.1) is 0 Å². The smallest absolute Gasteiger partial charge is 0.417 e. The van der Waals surface area contributed by atoms with Crippen molar-refractivity contribution in [3.63, 3.8) is 0 Å². The number of halogens is 3. The van der Waals surface area contributed by atoms with Crippen LogP contribution in [-0.2, 0) is 16.2 Å². The van der Waals surface area contributed by atoms with Crippen molar-refractivity contribution >= 4 is 38.2 Å². The van der Waals surface area contributed by atoms with Gasteiger partial charge >= 0.3 is 6.18 Å². The van der Waals surface area contributed by atoms with E-state index in [2.05, 4.69) is 16.0 Å². The van der Waals surface area contributed by atoms with Gasteiger partial charge in [0.25, 0.3) is 0 Å². The van der Waals surface area contributed by atoms with Crippen molar-refractivity contribution in [2.24, 2.45) is 0 Å². The fourth-order valence-corrected chi connectivity index (χ4v) is 5.64. The number of benzene rings is 1. The lowest BCUT2D eigenvalue weighted by Crippen LogP contribution is -2.49. The van der Waals surface area contributed by atoms with Gasteiger partial charge in [0.2, 0.25) is 15.9 Å². The quantitative estimate of drug-likeness (QED) is 0.541. The van der Waals surface area contributed by atoms with Gasteiger partial charge in [0.05, 0.1) is 23.0 Å². The molecule has 35 heavy (non-hydrogen) atoms. The molecule has 1 aromatic carbocycles. The summed E-state index contributed by atoms with van der Waals surface area (Å²) in [6.45, 7) is -0.114. The number of piperazine rings is 1. The molecule has 3 heterocycles. The number of methoxy groups -OCH3 is 1. The molecule has 10 nitrogen and oxygen atoms in total. The summed E-state index contributed by atoms with van der Waals surface area (Å²) in [5, 5.41) is 10.5. The number of nitriles is 1. The molecule has 0 amide bonds. The van der Waals surface area contributed by atoms with Crippen molar-refractivity contribution in [1.29, 1.82) is 5.26 Å². The van der Waals surface area contributed by atoms with Crippen LogP contribution in [0, 0.1) is 11.3 Å². The Hall–Kier alpha value is -3.83. The number of nitrogen functional groups attached to an aromatic ring is 2. The van der Waals surface area contributed by atoms with Gasteiger partial charge in [0.15, 0.2) is 0 Å². The van der Waals surface area contributed by atoms with Crippen LogP contribution < -0.4 is 21.1 Å². The number of alkyl halides is 3. The minimum Gasteiger partial charge on any atom is -0.481 e. The Morgan fingerprint density at radius 2 is 1.71 bits per heavy atom. The number of ether oxygens (including phenoxy) is 1. The highest BCUT2D eigenvalue weighted by Gasteiger charge is 2.39. The number of rotatable bonds is 4. The average Bonchev–Trinajstić information content (AvgIpc) is 2.83. The van der Waals surface area contributed by atoms with E-state index in [1.807, 2.05) is 0 Å². The van der Waals surface area contributed by atoms with Crippen LogP contribution in [0.5, 0.6) is 5.88 Å². The number of sulfonamides is 1. The summed E-state index contributed by atoms with van der Waals surface area (Å²) < 4.78 is 72.4. The highest BCUT2D eigenvalue weighted by Crippen LogP contribution is 2.37. The van der Waals surface area contributed by atoms with Crippen molar-refractivity contribution in [1.82, 2.24) is 14.3 Å². The summed E-state index contributed by atoms with van der Waals surface area (Å²) >= 11 is 0. The Morgan fingerprint density at radius 3 is 2.31 bits per heavy atom. The molecule has 0 spiro atoms. The summed E-state index contributed by atoms with van der Waals surface area (Å²) in [4.78, 5) is 9.20. The summed E-state index contributed by atoms with van der Waals surface area (Å²) in [7, 11) is -3.03. The summed E-state index contributed by atoms with van der Waals surface area (Å²) in [6.07, 6.45) is -4.82. The number of fused-ring (bicyclic) bond motifs is 1. The highest BCUT2D eigenvalue weighted by molar-refractivity contribution is 7.89. The fourth-order valence-electron chi connectivity index (χ4n) is 4.00. The topological polar surface area (TPSA) is 151 Å². The van der Waals surface area contributed by atoms with Gasteiger partial charge in [-0.1, -0.05) is 12.1 Å². The van der Waals surface area contributed by atoms with Crippen molar-refractivity contribution < 1.29 is 26.3 Å². The summed E-state index contributed by atoms with van der Waals surface area (Å²) in [5.74, 6) is 0.433. The van der Waals surface area contributed by atoms with Crippen LogP contribution in [-0.4, -0.2) is 56.0 Å². The second-order valence-corrected chi connectivity index (χ2v) is 9.57. The maximum Gasteiger partial charge on any atom is 0.417 e. The zero-order valence-electron chi connectivity index (χ0n) is 18.4. The molecule has 0 saturated carbocycles. The fraction of sp³-hybridized carbons (Fsp3) is 0.286. The van der Waals surface area contributed by atoms with E-state index in [9.17, 15) is 26.9 Å². The van der Waals surface area contributed by atoms with E-state index >= 15 is 0 Å². The van der Waals surface area contributed by atoms with E-state index in [-0.39, 0.29) is 60.5 Å². The first-order valence-electron chi connectivity index (χ1n) is 10.2. The van der Waals surface area contributed by atoms with Gasteiger partial charge in [-0.3, -0.25) is 0 Å². The molecule has 0 bridgehead atoms. The largest absolute Gasteiger partial charge is 0.481 e. The Balaban J connectivity index is 1.67. The number of hydrogen-bond donors (Lipinski definition) is 2. The molecule has 1 aliphatic heterocycles. The Morgan fingerprint density at radius 1 is 1.09 bits per heavy atom. The SMILES string of the molecule is COc1cc2c(C#N)c(N3CCN(S(=O)(=O)c4ccccc4C(F)(F)F)CC3)nc(N)c2c(N)n1. The Kier molecular flexibility index (Phi) is 6.07. The van der Waals surface area contributed by atoms with Gasteiger partial charge in [0.1, 0.15) is 29.1 Å². The van der Waals surface area contributed by atoms with Gasteiger partial charge in [-0.05, 0) is 12.1 Å². The van der Waals surface area contributed by atoms with E-state index in [0.717, 1.165) is 22.5 Å². The predicted octanol–water partition coefficient (Wildman–Crippen LogP) is 2.20. The number of aromatic nitrogens is 2. The molecule has 0 aliphatic carbocycles. The molecule has 1 fully saturated rings. The lowest BCUT2D eigenvalue weighted by molar-refractivity contribution is -0.139. The molecule has 184 valence electrons. The normalized spacial score (nSPS) is 15.2. The van der Waals surface area contributed by atoms with Crippen molar-refractivity contribution in [2.45, 2.75) is 11.1 Å². The van der Waals surface area contributed by atoms with Crippen molar-refractivity contribution in [2.75, 3.05) is 49.7 Å². The van der Waals surface area contributed by atoms with Crippen LogP contribution in [0.15, 0.2) is 35.2 Å². The van der Waals surface area contributed by atoms with Crippen LogP contribution in [0.1, 0.15) is 11.1 Å². The Bertz CT molecular complexity index is 1450. The maximum absolute atomic E-state index is 13.4. The molecule has 4 rings (SSSR count). The maximum atomic E-state index is 13.4. The number of anilines is 3. The molecule has 0 radical (unpaired) electrons. The van der Waals surface area contributed by atoms with E-state index in [4.69, 9.17) is 16.2 Å². The van der Waals surface area contributed by atoms with E-state index < -0.39 is 26.7 Å². The third-order valence-electron chi connectivity index (χ3n) is 5.67.